The quantitative estimate of drug-likeness (QED) is 0.354. The Kier molecular flexibility index (Phi) is 9.06. The number of phenols is 1. The summed E-state index contributed by atoms with van der Waals surface area (Å²) in [5.74, 6) is 2.39. The third-order valence-corrected chi connectivity index (χ3v) is 4.69. The maximum absolute atomic E-state index is 10.4. The summed E-state index contributed by atoms with van der Waals surface area (Å²) in [5.41, 5.74) is 2.44. The molecule has 0 bridgehead atoms. The molecule has 0 aromatic heterocycles. The van der Waals surface area contributed by atoms with Crippen LogP contribution in [0, 0.1) is 6.92 Å². The van der Waals surface area contributed by atoms with Gasteiger partial charge in [-0.1, -0.05) is 19.9 Å². The summed E-state index contributed by atoms with van der Waals surface area (Å²) in [6, 6.07) is 8.69. The lowest BCUT2D eigenvalue weighted by molar-refractivity contribution is -0.120. The SMILES string of the molecule is C=C(CCC)c1ccc(OCCCCOc2ccc(OC=O)cc2OC)c(C)c1O. The van der Waals surface area contributed by atoms with Crippen molar-refractivity contribution in [1.82, 2.24) is 0 Å². The fraction of sp³-hybridized carbons (Fsp3) is 0.375. The largest absolute Gasteiger partial charge is 0.507 e. The molecule has 0 unspecified atom stereocenters. The zero-order valence-corrected chi connectivity index (χ0v) is 17.9. The summed E-state index contributed by atoms with van der Waals surface area (Å²) < 4.78 is 21.6. The molecule has 0 radical (unpaired) electrons. The van der Waals surface area contributed by atoms with Crippen molar-refractivity contribution in [1.29, 1.82) is 0 Å². The molecule has 162 valence electrons. The molecule has 6 heteroatoms. The smallest absolute Gasteiger partial charge is 0.298 e. The Morgan fingerprint density at radius 1 is 1.07 bits per heavy atom. The highest BCUT2D eigenvalue weighted by molar-refractivity contribution is 5.71. The zero-order valence-electron chi connectivity index (χ0n) is 17.9. The van der Waals surface area contributed by atoms with E-state index < -0.39 is 0 Å². The average molecular weight is 414 g/mol. The number of benzene rings is 2. The third-order valence-electron chi connectivity index (χ3n) is 4.69. The number of allylic oxidation sites excluding steroid dienone is 1. The van der Waals surface area contributed by atoms with Crippen LogP contribution in [-0.4, -0.2) is 31.9 Å². The van der Waals surface area contributed by atoms with E-state index in [1.165, 1.54) is 7.11 Å². The first kappa shape index (κ1) is 23.1. The molecule has 0 aliphatic carbocycles. The fourth-order valence-electron chi connectivity index (χ4n) is 3.02. The van der Waals surface area contributed by atoms with Crippen molar-refractivity contribution in [2.75, 3.05) is 20.3 Å². The Morgan fingerprint density at radius 3 is 2.37 bits per heavy atom. The Labute approximate surface area is 178 Å². The average Bonchev–Trinajstić information content (AvgIpc) is 2.74. The van der Waals surface area contributed by atoms with Crippen LogP contribution in [-0.2, 0) is 4.79 Å². The minimum atomic E-state index is 0.239. The van der Waals surface area contributed by atoms with Gasteiger partial charge in [-0.2, -0.15) is 0 Å². The number of hydrogen-bond acceptors (Lipinski definition) is 6. The predicted octanol–water partition coefficient (Wildman–Crippen LogP) is 5.30. The standard InChI is InChI=1S/C24H30O6/c1-5-8-17(2)20-10-12-21(18(3)24(20)26)28-13-6-7-14-29-22-11-9-19(30-16-25)15-23(22)27-4/h9-12,15-16,26H,2,5-8,13-14H2,1,3-4H3. The van der Waals surface area contributed by atoms with E-state index in [4.69, 9.17) is 18.9 Å². The number of hydrogen-bond donors (Lipinski definition) is 1. The van der Waals surface area contributed by atoms with Gasteiger partial charge < -0.3 is 24.1 Å². The van der Waals surface area contributed by atoms with Crippen LogP contribution in [0.1, 0.15) is 43.7 Å². The molecule has 0 amide bonds. The van der Waals surface area contributed by atoms with E-state index in [1.54, 1.807) is 18.2 Å². The van der Waals surface area contributed by atoms with Gasteiger partial charge in [0.05, 0.1) is 20.3 Å². The second kappa shape index (κ2) is 11.8. The number of carbonyl (C=O) groups excluding carboxylic acids is 1. The van der Waals surface area contributed by atoms with Crippen molar-refractivity contribution in [2.24, 2.45) is 0 Å². The molecule has 0 aliphatic heterocycles. The summed E-state index contributed by atoms with van der Waals surface area (Å²) in [5, 5.41) is 10.4. The molecule has 2 aromatic rings. The summed E-state index contributed by atoms with van der Waals surface area (Å²) in [4.78, 5) is 10.4. The Bertz CT molecular complexity index is 859. The van der Waals surface area contributed by atoms with E-state index in [2.05, 4.69) is 13.5 Å². The number of rotatable bonds is 13. The van der Waals surface area contributed by atoms with E-state index in [0.717, 1.165) is 42.4 Å². The second-order valence-corrected chi connectivity index (χ2v) is 6.87. The van der Waals surface area contributed by atoms with Crippen molar-refractivity contribution in [2.45, 2.75) is 39.5 Å². The first-order chi connectivity index (χ1) is 14.5. The number of phenolic OH excluding ortho intramolecular Hbond substituents is 1. The van der Waals surface area contributed by atoms with Gasteiger partial charge in [-0.3, -0.25) is 4.79 Å². The minimum Gasteiger partial charge on any atom is -0.507 e. The lowest BCUT2D eigenvalue weighted by Crippen LogP contribution is -2.04. The van der Waals surface area contributed by atoms with Gasteiger partial charge in [0.25, 0.3) is 6.47 Å². The number of unbranched alkanes of at least 4 members (excludes halogenated alkanes) is 1. The van der Waals surface area contributed by atoms with E-state index >= 15 is 0 Å². The van der Waals surface area contributed by atoms with Crippen LogP contribution in [0.15, 0.2) is 36.9 Å². The highest BCUT2D eigenvalue weighted by atomic mass is 16.5. The summed E-state index contributed by atoms with van der Waals surface area (Å²) in [6.45, 7) is 9.36. The van der Waals surface area contributed by atoms with Crippen LogP contribution in [0.2, 0.25) is 0 Å². The first-order valence-electron chi connectivity index (χ1n) is 10.1. The Balaban J connectivity index is 1.80. The van der Waals surface area contributed by atoms with Gasteiger partial charge in [-0.15, -0.1) is 0 Å². The lowest BCUT2D eigenvalue weighted by atomic mass is 9.99. The number of aromatic hydroxyl groups is 1. The molecular weight excluding hydrogens is 384 g/mol. The monoisotopic (exact) mass is 414 g/mol. The maximum Gasteiger partial charge on any atom is 0.298 e. The third kappa shape index (κ3) is 6.17. The van der Waals surface area contributed by atoms with E-state index in [-0.39, 0.29) is 5.75 Å². The van der Waals surface area contributed by atoms with Gasteiger partial charge >= 0.3 is 0 Å². The molecular formula is C24H30O6. The van der Waals surface area contributed by atoms with Crippen LogP contribution in [0.4, 0.5) is 0 Å². The molecule has 1 N–H and O–H groups in total. The topological polar surface area (TPSA) is 74.2 Å². The molecule has 30 heavy (non-hydrogen) atoms. The highest BCUT2D eigenvalue weighted by Crippen LogP contribution is 2.35. The zero-order chi connectivity index (χ0) is 21.9. The molecule has 2 aromatic carbocycles. The Hall–Kier alpha value is -3.15. The van der Waals surface area contributed by atoms with Gasteiger partial charge in [0.1, 0.15) is 17.2 Å². The van der Waals surface area contributed by atoms with Crippen molar-refractivity contribution < 1.29 is 28.8 Å². The van der Waals surface area contributed by atoms with E-state index in [9.17, 15) is 9.90 Å². The van der Waals surface area contributed by atoms with Gasteiger partial charge in [0.2, 0.25) is 0 Å². The molecule has 0 saturated carbocycles. The van der Waals surface area contributed by atoms with Crippen molar-refractivity contribution >= 4 is 12.0 Å². The van der Waals surface area contributed by atoms with E-state index in [1.807, 2.05) is 19.1 Å². The molecule has 0 fully saturated rings. The first-order valence-corrected chi connectivity index (χ1v) is 10.1. The summed E-state index contributed by atoms with van der Waals surface area (Å²) in [7, 11) is 1.53. The maximum atomic E-state index is 10.4. The van der Waals surface area contributed by atoms with Crippen LogP contribution in [0.5, 0.6) is 28.7 Å². The minimum absolute atomic E-state index is 0.239. The fourth-order valence-corrected chi connectivity index (χ4v) is 3.02. The molecule has 0 spiro atoms. The molecule has 6 nitrogen and oxygen atoms in total. The number of carbonyl (C=O) groups is 1. The van der Waals surface area contributed by atoms with Crippen molar-refractivity contribution in [3.63, 3.8) is 0 Å². The lowest BCUT2D eigenvalue weighted by Gasteiger charge is -2.15. The highest BCUT2D eigenvalue weighted by Gasteiger charge is 2.12. The van der Waals surface area contributed by atoms with Gasteiger partial charge in [0, 0.05) is 17.2 Å². The normalized spacial score (nSPS) is 10.4. The molecule has 2 rings (SSSR count). The van der Waals surface area contributed by atoms with Crippen LogP contribution >= 0.6 is 0 Å². The number of methoxy groups -OCH3 is 1. The summed E-state index contributed by atoms with van der Waals surface area (Å²) >= 11 is 0. The Morgan fingerprint density at radius 2 is 1.73 bits per heavy atom. The van der Waals surface area contributed by atoms with Gasteiger partial charge in [-0.05, 0) is 56.0 Å². The van der Waals surface area contributed by atoms with Crippen LogP contribution in [0.25, 0.3) is 5.57 Å². The van der Waals surface area contributed by atoms with Gasteiger partial charge in [0.15, 0.2) is 11.5 Å². The van der Waals surface area contributed by atoms with E-state index in [0.29, 0.717) is 42.7 Å². The predicted molar refractivity (Wildman–Crippen MR) is 117 cm³/mol. The molecule has 0 aliphatic rings. The molecule has 0 saturated heterocycles. The summed E-state index contributed by atoms with van der Waals surface area (Å²) in [6.07, 6.45) is 3.41. The molecule has 0 atom stereocenters. The molecule has 0 heterocycles. The van der Waals surface area contributed by atoms with Crippen LogP contribution < -0.4 is 18.9 Å². The van der Waals surface area contributed by atoms with Crippen LogP contribution in [0.3, 0.4) is 0 Å². The van der Waals surface area contributed by atoms with Crippen molar-refractivity contribution in [3.05, 3.63) is 48.0 Å². The van der Waals surface area contributed by atoms with Gasteiger partial charge in [-0.25, -0.2) is 0 Å². The second-order valence-electron chi connectivity index (χ2n) is 6.87. The number of ether oxygens (including phenoxy) is 4. The van der Waals surface area contributed by atoms with Crippen molar-refractivity contribution in [3.8, 4) is 28.7 Å².